The number of aryl methyl sites for hydroxylation is 2. The van der Waals surface area contributed by atoms with Crippen molar-refractivity contribution >= 4 is 23.0 Å². The molecule has 0 radical (unpaired) electrons. The zero-order valence-electron chi connectivity index (χ0n) is 14.6. The highest BCUT2D eigenvalue weighted by molar-refractivity contribution is 7.12. The molecule has 0 bridgehead atoms. The minimum atomic E-state index is -4.38. The Labute approximate surface area is 153 Å². The zero-order chi connectivity index (χ0) is 19.3. The minimum Gasteiger partial charge on any atom is -0.367 e. The number of nitrogens with zero attached hydrogens (tertiary/aromatic N) is 1. The predicted molar refractivity (Wildman–Crippen MR) is 95.6 cm³/mol. The third-order valence-corrected chi connectivity index (χ3v) is 4.45. The van der Waals surface area contributed by atoms with Crippen molar-refractivity contribution in [2.75, 3.05) is 6.61 Å². The van der Waals surface area contributed by atoms with Gasteiger partial charge in [0.1, 0.15) is 6.61 Å². The van der Waals surface area contributed by atoms with Gasteiger partial charge in [-0.3, -0.25) is 4.79 Å². The molecule has 26 heavy (non-hydrogen) atoms. The summed E-state index contributed by atoms with van der Waals surface area (Å²) in [4.78, 5) is 14.5. The van der Waals surface area contributed by atoms with E-state index in [1.807, 2.05) is 19.9 Å². The molecule has 2 aromatic rings. The van der Waals surface area contributed by atoms with Crippen LogP contribution in [0.3, 0.4) is 0 Å². The van der Waals surface area contributed by atoms with E-state index in [0.29, 0.717) is 16.8 Å². The van der Waals surface area contributed by atoms with E-state index in [9.17, 15) is 18.0 Å². The van der Waals surface area contributed by atoms with Crippen molar-refractivity contribution in [3.63, 3.8) is 0 Å². The van der Waals surface area contributed by atoms with Crippen LogP contribution in [0.2, 0.25) is 0 Å². The van der Waals surface area contributed by atoms with E-state index in [2.05, 4.69) is 15.3 Å². The summed E-state index contributed by atoms with van der Waals surface area (Å²) in [6, 6.07) is 8.23. The molecule has 0 atom stereocenters. The zero-order valence-corrected chi connectivity index (χ0v) is 15.4. The first-order valence-corrected chi connectivity index (χ1v) is 8.63. The van der Waals surface area contributed by atoms with Gasteiger partial charge >= 0.3 is 6.18 Å². The molecular formula is C18H19F3N2O2S. The number of benzene rings is 1. The molecule has 4 nitrogen and oxygen atoms in total. The first-order valence-electron chi connectivity index (χ1n) is 7.81. The maximum Gasteiger partial charge on any atom is 0.411 e. The Balaban J connectivity index is 2.00. The van der Waals surface area contributed by atoms with Crippen molar-refractivity contribution < 1.29 is 22.7 Å². The first-order chi connectivity index (χ1) is 12.2. The maximum absolute atomic E-state index is 12.2. The fourth-order valence-electron chi connectivity index (χ4n) is 2.34. The third kappa shape index (κ3) is 5.96. The van der Waals surface area contributed by atoms with Crippen LogP contribution in [0.25, 0.3) is 0 Å². The lowest BCUT2D eigenvalue weighted by molar-refractivity contribution is -0.176. The predicted octanol–water partition coefficient (Wildman–Crippen LogP) is 4.60. The molecule has 0 aliphatic carbocycles. The fourth-order valence-corrected chi connectivity index (χ4v) is 3.31. The Kier molecular flexibility index (Phi) is 6.55. The number of rotatable bonds is 6. The van der Waals surface area contributed by atoms with Gasteiger partial charge in [0, 0.05) is 20.9 Å². The summed E-state index contributed by atoms with van der Waals surface area (Å²) in [5, 5.41) is 4.11. The molecule has 1 aromatic carbocycles. The molecule has 0 unspecified atom stereocenters. The molecule has 0 aliphatic rings. The molecule has 0 spiro atoms. The largest absolute Gasteiger partial charge is 0.411 e. The van der Waals surface area contributed by atoms with E-state index in [0.717, 1.165) is 15.3 Å². The number of hydrogen-bond donors (Lipinski definition) is 1. The second-order valence-corrected chi connectivity index (χ2v) is 7.23. The van der Waals surface area contributed by atoms with Crippen molar-refractivity contribution in [2.24, 2.45) is 5.10 Å². The highest BCUT2D eigenvalue weighted by Gasteiger charge is 2.27. The Morgan fingerprint density at radius 1 is 1.27 bits per heavy atom. The molecule has 0 saturated heterocycles. The van der Waals surface area contributed by atoms with Crippen LogP contribution in [0, 0.1) is 13.8 Å². The highest BCUT2D eigenvalue weighted by Crippen LogP contribution is 2.21. The van der Waals surface area contributed by atoms with Crippen molar-refractivity contribution in [1.82, 2.24) is 5.43 Å². The van der Waals surface area contributed by atoms with Crippen molar-refractivity contribution in [3.05, 3.63) is 56.8 Å². The van der Waals surface area contributed by atoms with Gasteiger partial charge in [-0.2, -0.15) is 18.3 Å². The van der Waals surface area contributed by atoms with E-state index in [4.69, 9.17) is 0 Å². The number of amides is 1. The van der Waals surface area contributed by atoms with E-state index in [1.165, 1.54) is 6.07 Å². The summed E-state index contributed by atoms with van der Waals surface area (Å²) in [6.45, 7) is 4.23. The summed E-state index contributed by atoms with van der Waals surface area (Å²) in [7, 11) is 0. The molecule has 0 saturated carbocycles. The van der Waals surface area contributed by atoms with Crippen LogP contribution in [-0.4, -0.2) is 24.4 Å². The molecule has 1 amide bonds. The number of thiophene rings is 1. The summed E-state index contributed by atoms with van der Waals surface area (Å²) < 4.78 is 40.9. The van der Waals surface area contributed by atoms with E-state index >= 15 is 0 Å². The minimum absolute atomic E-state index is 0.226. The van der Waals surface area contributed by atoms with Crippen LogP contribution in [-0.2, 0) is 11.3 Å². The smallest absolute Gasteiger partial charge is 0.367 e. The molecule has 1 heterocycles. The summed E-state index contributed by atoms with van der Waals surface area (Å²) in [6.07, 6.45) is -4.38. The van der Waals surface area contributed by atoms with E-state index in [-0.39, 0.29) is 6.61 Å². The Morgan fingerprint density at radius 3 is 2.62 bits per heavy atom. The lowest BCUT2D eigenvalue weighted by Crippen LogP contribution is -2.20. The van der Waals surface area contributed by atoms with Gasteiger partial charge < -0.3 is 4.74 Å². The van der Waals surface area contributed by atoms with E-state index in [1.54, 1.807) is 36.5 Å². The molecule has 8 heteroatoms. The molecule has 1 aromatic heterocycles. The van der Waals surface area contributed by atoms with Gasteiger partial charge in [0.2, 0.25) is 0 Å². The number of carbonyl (C=O) groups is 1. The van der Waals surface area contributed by atoms with Gasteiger partial charge in [0.15, 0.2) is 0 Å². The first kappa shape index (κ1) is 20.1. The van der Waals surface area contributed by atoms with Crippen molar-refractivity contribution in [2.45, 2.75) is 33.6 Å². The Bertz CT molecular complexity index is 813. The quantitative estimate of drug-likeness (QED) is 0.585. The van der Waals surface area contributed by atoms with Crippen molar-refractivity contribution in [3.8, 4) is 0 Å². The average molecular weight is 384 g/mol. The van der Waals surface area contributed by atoms with Gasteiger partial charge in [-0.05, 0) is 44.5 Å². The van der Waals surface area contributed by atoms with Crippen LogP contribution >= 0.6 is 11.3 Å². The lowest BCUT2D eigenvalue weighted by atomic mass is 10.1. The number of hydrogen-bond acceptors (Lipinski definition) is 4. The second-order valence-electron chi connectivity index (χ2n) is 5.77. The van der Waals surface area contributed by atoms with Crippen LogP contribution in [0.5, 0.6) is 0 Å². The normalized spacial score (nSPS) is 12.3. The average Bonchev–Trinajstić information content (AvgIpc) is 2.90. The maximum atomic E-state index is 12.2. The molecule has 1 N–H and O–H groups in total. The number of alkyl halides is 3. The number of carbonyl (C=O) groups excluding carboxylic acids is 1. The van der Waals surface area contributed by atoms with Gasteiger partial charge in [-0.25, -0.2) is 5.43 Å². The standard InChI is InChI=1S/C18H19F3N2O2S/c1-11-7-16(13(3)26-11)12(2)22-23-17(24)15-6-4-5-14(8-15)9-25-10-18(19,20)21/h4-8H,9-10H2,1-3H3,(H,23,24)/b22-12+. The summed E-state index contributed by atoms with van der Waals surface area (Å²) >= 11 is 1.65. The van der Waals surface area contributed by atoms with Crippen LogP contribution in [0.1, 0.15) is 38.2 Å². The summed E-state index contributed by atoms with van der Waals surface area (Å²) in [5.41, 5.74) is 4.91. The van der Waals surface area contributed by atoms with Gasteiger partial charge in [-0.15, -0.1) is 11.3 Å². The molecule has 0 aliphatic heterocycles. The monoisotopic (exact) mass is 384 g/mol. The summed E-state index contributed by atoms with van der Waals surface area (Å²) in [5.74, 6) is -0.438. The van der Waals surface area contributed by atoms with Crippen molar-refractivity contribution in [1.29, 1.82) is 0 Å². The fraction of sp³-hybridized carbons (Fsp3) is 0.333. The topological polar surface area (TPSA) is 50.7 Å². The van der Waals surface area contributed by atoms with Gasteiger partial charge in [0.05, 0.1) is 12.3 Å². The Hall–Kier alpha value is -2.19. The number of ether oxygens (including phenoxy) is 1. The molecule has 2 rings (SSSR count). The lowest BCUT2D eigenvalue weighted by Gasteiger charge is -2.08. The number of hydrazone groups is 1. The molecule has 140 valence electrons. The molecule has 0 fully saturated rings. The number of nitrogens with one attached hydrogen (secondary N) is 1. The van der Waals surface area contributed by atoms with Gasteiger partial charge in [0.25, 0.3) is 5.91 Å². The van der Waals surface area contributed by atoms with Crippen LogP contribution in [0.4, 0.5) is 13.2 Å². The van der Waals surface area contributed by atoms with Crippen LogP contribution in [0.15, 0.2) is 35.4 Å². The SMILES string of the molecule is C/C(=N\NC(=O)c1cccc(COCC(F)(F)F)c1)c1cc(C)sc1C. The van der Waals surface area contributed by atoms with E-state index < -0.39 is 18.7 Å². The second kappa shape index (κ2) is 8.46. The van der Waals surface area contributed by atoms with Gasteiger partial charge in [-0.1, -0.05) is 12.1 Å². The highest BCUT2D eigenvalue weighted by atomic mass is 32.1. The molecular weight excluding hydrogens is 365 g/mol. The third-order valence-electron chi connectivity index (χ3n) is 3.48. The van der Waals surface area contributed by atoms with Crippen LogP contribution < -0.4 is 5.43 Å². The number of halogens is 3. The Morgan fingerprint density at radius 2 is 2.00 bits per heavy atom.